The van der Waals surface area contributed by atoms with E-state index in [0.717, 1.165) is 50.6 Å². The van der Waals surface area contributed by atoms with Crippen LogP contribution in [-0.4, -0.2) is 88.8 Å². The number of hydrogen-bond donors (Lipinski definition) is 1. The third-order valence-electron chi connectivity index (χ3n) is 7.90. The van der Waals surface area contributed by atoms with Crippen molar-refractivity contribution in [2.24, 2.45) is 10.7 Å². The second-order valence-corrected chi connectivity index (χ2v) is 9.88. The zero-order valence-electron chi connectivity index (χ0n) is 19.9. The number of nitrogens with two attached hydrogens (primary N) is 1. The Bertz CT molecular complexity index is 943. The number of pyridine rings is 1. The highest BCUT2D eigenvalue weighted by Crippen LogP contribution is 2.39. The van der Waals surface area contributed by atoms with E-state index in [4.69, 9.17) is 15.7 Å². The number of fused-ring (bicyclic) bond motifs is 1. The van der Waals surface area contributed by atoms with Crippen LogP contribution in [0.25, 0.3) is 0 Å². The number of allylic oxidation sites excluding steroid dienone is 2. The molecule has 0 saturated carbocycles. The fourth-order valence-corrected chi connectivity index (χ4v) is 5.95. The van der Waals surface area contributed by atoms with E-state index in [0.29, 0.717) is 12.1 Å². The van der Waals surface area contributed by atoms with E-state index >= 15 is 0 Å². The number of aliphatic imine (C=N–C) groups is 1. The maximum atomic E-state index is 6.45. The molecule has 0 amide bonds. The predicted molar refractivity (Wildman–Crippen MR) is 129 cm³/mol. The smallest absolute Gasteiger partial charge is 0.153 e. The van der Waals surface area contributed by atoms with Gasteiger partial charge in [0, 0.05) is 38.4 Å². The van der Waals surface area contributed by atoms with Crippen LogP contribution in [-0.2, 0) is 0 Å². The van der Waals surface area contributed by atoms with Gasteiger partial charge >= 0.3 is 0 Å². The summed E-state index contributed by atoms with van der Waals surface area (Å²) in [6.45, 7) is 8.77. The van der Waals surface area contributed by atoms with Gasteiger partial charge < -0.3 is 20.4 Å². The van der Waals surface area contributed by atoms with Gasteiger partial charge in [-0.2, -0.15) is 0 Å². The molecule has 4 aliphatic heterocycles. The van der Waals surface area contributed by atoms with Crippen molar-refractivity contribution in [3.05, 3.63) is 53.3 Å². The molecule has 0 aliphatic carbocycles. The Morgan fingerprint density at radius 3 is 2.59 bits per heavy atom. The molecule has 4 aliphatic rings. The summed E-state index contributed by atoms with van der Waals surface area (Å²) in [7, 11) is 4.47. The third-order valence-corrected chi connectivity index (χ3v) is 7.90. The van der Waals surface area contributed by atoms with Crippen LogP contribution in [0.15, 0.2) is 47.0 Å². The fraction of sp³-hybridized carbons (Fsp3) is 0.600. The first-order chi connectivity index (χ1) is 15.5. The summed E-state index contributed by atoms with van der Waals surface area (Å²) in [6, 6.07) is 5.41. The van der Waals surface area contributed by atoms with Crippen LogP contribution in [0.5, 0.6) is 0 Å². The number of hydrogen-bond acceptors (Lipinski definition) is 7. The summed E-state index contributed by atoms with van der Waals surface area (Å²) >= 11 is 0. The Labute approximate surface area is 192 Å². The normalized spacial score (nSPS) is 31.8. The van der Waals surface area contributed by atoms with E-state index in [-0.39, 0.29) is 12.1 Å². The van der Waals surface area contributed by atoms with Gasteiger partial charge in [-0.25, -0.2) is 0 Å². The maximum absolute atomic E-state index is 6.45. The lowest BCUT2D eigenvalue weighted by molar-refractivity contribution is 0.0784. The van der Waals surface area contributed by atoms with Crippen LogP contribution in [0.4, 0.5) is 0 Å². The number of rotatable bonds is 3. The molecule has 5 rings (SSSR count). The Balaban J connectivity index is 1.40. The molecule has 4 atom stereocenters. The van der Waals surface area contributed by atoms with E-state index in [2.05, 4.69) is 59.7 Å². The van der Waals surface area contributed by atoms with Crippen molar-refractivity contribution < 1.29 is 0 Å². The molecule has 1 aromatic heterocycles. The average Bonchev–Trinajstić information content (AvgIpc) is 3.14. The highest BCUT2D eigenvalue weighted by molar-refractivity contribution is 6.01. The fourth-order valence-electron chi connectivity index (χ4n) is 5.95. The minimum Gasteiger partial charge on any atom is -0.396 e. The van der Waals surface area contributed by atoms with Crippen molar-refractivity contribution in [2.45, 2.75) is 57.3 Å². The molecule has 5 heterocycles. The van der Waals surface area contributed by atoms with Gasteiger partial charge in [0.05, 0.1) is 29.5 Å². The van der Waals surface area contributed by atoms with Crippen LogP contribution in [0.3, 0.4) is 0 Å². The highest BCUT2D eigenvalue weighted by Gasteiger charge is 2.45. The first-order valence-electron chi connectivity index (χ1n) is 12.1. The lowest BCUT2D eigenvalue weighted by atomic mass is 9.87. The van der Waals surface area contributed by atoms with Crippen molar-refractivity contribution in [3.8, 4) is 0 Å². The molecule has 0 aromatic carbocycles. The first-order valence-corrected chi connectivity index (χ1v) is 12.1. The Kier molecular flexibility index (Phi) is 5.72. The minimum atomic E-state index is 0.197. The molecule has 1 aromatic rings. The van der Waals surface area contributed by atoms with Gasteiger partial charge in [-0.15, -0.1) is 0 Å². The summed E-state index contributed by atoms with van der Waals surface area (Å²) < 4.78 is 0. The summed E-state index contributed by atoms with van der Waals surface area (Å²) in [5, 5.41) is 0. The van der Waals surface area contributed by atoms with Crippen LogP contribution < -0.4 is 5.73 Å². The van der Waals surface area contributed by atoms with Gasteiger partial charge in [0.1, 0.15) is 5.82 Å². The summed E-state index contributed by atoms with van der Waals surface area (Å²) in [5.74, 6) is 2.22. The van der Waals surface area contributed by atoms with Crippen molar-refractivity contribution >= 4 is 5.84 Å². The quantitative estimate of drug-likeness (QED) is 0.786. The zero-order valence-corrected chi connectivity index (χ0v) is 19.9. The molecule has 7 nitrogen and oxygen atoms in total. The number of piperazine rings is 1. The topological polar surface area (TPSA) is 64.2 Å². The average molecular weight is 436 g/mol. The zero-order chi connectivity index (χ0) is 22.4. The maximum Gasteiger partial charge on any atom is 0.153 e. The van der Waals surface area contributed by atoms with Gasteiger partial charge in [0.15, 0.2) is 5.84 Å². The molecular formula is C25H37N7. The second kappa shape index (κ2) is 8.52. The van der Waals surface area contributed by atoms with Gasteiger partial charge in [-0.1, -0.05) is 6.07 Å². The van der Waals surface area contributed by atoms with E-state index < -0.39 is 0 Å². The molecular weight excluding hydrogens is 398 g/mol. The molecule has 2 fully saturated rings. The third kappa shape index (κ3) is 3.61. The molecule has 2 N–H and O–H groups in total. The summed E-state index contributed by atoms with van der Waals surface area (Å²) in [4.78, 5) is 19.9. The number of aryl methyl sites for hydroxylation is 1. The number of aromatic nitrogens is 1. The highest BCUT2D eigenvalue weighted by atomic mass is 15.4. The number of nitrogens with zero attached hydrogens (tertiary/aromatic N) is 6. The number of amidine groups is 1. The Morgan fingerprint density at radius 1 is 1.06 bits per heavy atom. The van der Waals surface area contributed by atoms with E-state index in [1.165, 1.54) is 23.5 Å². The Hall–Kier alpha value is -2.38. The van der Waals surface area contributed by atoms with E-state index in [9.17, 15) is 0 Å². The molecule has 0 radical (unpaired) electrons. The van der Waals surface area contributed by atoms with E-state index in [1.54, 1.807) is 0 Å². The minimum absolute atomic E-state index is 0.197. The Morgan fingerprint density at radius 2 is 1.84 bits per heavy atom. The van der Waals surface area contributed by atoms with Gasteiger partial charge in [0.2, 0.25) is 0 Å². The van der Waals surface area contributed by atoms with Crippen LogP contribution in [0.1, 0.15) is 43.5 Å². The summed E-state index contributed by atoms with van der Waals surface area (Å²) in [6.07, 6.45) is 9.69. The van der Waals surface area contributed by atoms with Crippen molar-refractivity contribution in [2.75, 3.05) is 40.3 Å². The number of likely N-dealkylation sites (N-methyl/N-ethyl adjacent to an activating group) is 2. The predicted octanol–water partition coefficient (Wildman–Crippen LogP) is 2.33. The lowest BCUT2D eigenvalue weighted by Crippen LogP contribution is -2.54. The van der Waals surface area contributed by atoms with Crippen molar-refractivity contribution in [1.82, 2.24) is 24.6 Å². The van der Waals surface area contributed by atoms with Crippen LogP contribution in [0.2, 0.25) is 0 Å². The standard InChI is InChI=1S/C25H37N7/c1-17-7-6-12-27-23(17)20-8-5-9-21(30(20)4)24-18(2)32-22(11-10-19(26)25(32)28-24)31-15-13-29(3)14-16-31/h6-7,10-12,18,20-21,24H,5,8-9,13-16,26H2,1-4H3/t18?,20-,21+,24?/m0/s1. The van der Waals surface area contributed by atoms with Gasteiger partial charge in [-0.3, -0.25) is 14.9 Å². The largest absolute Gasteiger partial charge is 0.396 e. The molecule has 7 heteroatoms. The SMILES string of the molecule is Cc1cccnc1[C@@H]1CCC[C@H](C2N=C3C(N)=CC=C(N4CCN(C)CC4)N3C2C)N1C. The number of likely N-dealkylation sites (tertiary alicyclic amines) is 1. The molecule has 32 heavy (non-hydrogen) atoms. The van der Waals surface area contributed by atoms with Crippen molar-refractivity contribution in [1.29, 1.82) is 0 Å². The number of piperidine rings is 1. The van der Waals surface area contributed by atoms with E-state index in [1.807, 2.05) is 18.3 Å². The lowest BCUT2D eigenvalue weighted by Gasteiger charge is -2.45. The van der Waals surface area contributed by atoms with Crippen LogP contribution in [0, 0.1) is 6.92 Å². The van der Waals surface area contributed by atoms with Crippen LogP contribution >= 0.6 is 0 Å². The molecule has 2 saturated heterocycles. The first kappa shape index (κ1) is 21.5. The van der Waals surface area contributed by atoms with Gasteiger partial charge in [0.25, 0.3) is 0 Å². The monoisotopic (exact) mass is 435 g/mol. The second-order valence-electron chi connectivity index (χ2n) is 9.88. The molecule has 0 bridgehead atoms. The summed E-state index contributed by atoms with van der Waals surface area (Å²) in [5.41, 5.74) is 9.73. The van der Waals surface area contributed by atoms with Gasteiger partial charge in [-0.05, 0) is 71.0 Å². The molecule has 172 valence electrons. The molecule has 2 unspecified atom stereocenters. The van der Waals surface area contributed by atoms with Crippen molar-refractivity contribution in [3.63, 3.8) is 0 Å². The molecule has 0 spiro atoms.